The van der Waals surface area contributed by atoms with Crippen LogP contribution in [0, 0.1) is 6.92 Å². The molecule has 0 N–H and O–H groups in total. The van der Waals surface area contributed by atoms with Crippen LogP contribution in [-0.2, 0) is 17.3 Å². The van der Waals surface area contributed by atoms with Gasteiger partial charge in [0.1, 0.15) is 0 Å². The maximum absolute atomic E-state index is 4.15. The average Bonchev–Trinajstić information content (AvgIpc) is 3.68. The van der Waals surface area contributed by atoms with Gasteiger partial charge in [-0.3, -0.25) is 0 Å². The first-order valence-corrected chi connectivity index (χ1v) is 22.3. The summed E-state index contributed by atoms with van der Waals surface area (Å²) < 4.78 is 0. The Bertz CT molecular complexity index is 2970. The summed E-state index contributed by atoms with van der Waals surface area (Å²) in [5.74, 6) is 0. The summed E-state index contributed by atoms with van der Waals surface area (Å²) in [5, 5.41) is 0. The lowest BCUT2D eigenvalue weighted by atomic mass is 9.79. The molecule has 0 aliphatic heterocycles. The zero-order chi connectivity index (χ0) is 43.3. The Morgan fingerprint density at radius 2 is 1.00 bits per heavy atom. The second-order valence-corrected chi connectivity index (χ2v) is 18.3. The summed E-state index contributed by atoms with van der Waals surface area (Å²) in [6, 6.07) is 67.0. The lowest BCUT2D eigenvalue weighted by Crippen LogP contribution is -2.17. The molecule has 63 heavy (non-hydrogen) atoms. The van der Waals surface area contributed by atoms with Crippen LogP contribution in [0.15, 0.2) is 219 Å². The van der Waals surface area contributed by atoms with Crippen molar-refractivity contribution in [1.82, 2.24) is 0 Å². The molecule has 0 saturated carbocycles. The monoisotopic (exact) mass is 811 g/mol. The second-order valence-electron chi connectivity index (χ2n) is 18.3. The number of anilines is 2. The van der Waals surface area contributed by atoms with Crippen molar-refractivity contribution in [1.29, 1.82) is 0 Å². The number of rotatable bonds is 10. The van der Waals surface area contributed by atoms with E-state index in [-0.39, 0.29) is 10.8 Å². The van der Waals surface area contributed by atoms with Gasteiger partial charge in [-0.2, -0.15) is 0 Å². The largest absolute Gasteiger partial charge is 0.311 e. The van der Waals surface area contributed by atoms with Crippen LogP contribution < -0.4 is 4.90 Å². The highest BCUT2D eigenvalue weighted by Gasteiger charge is 2.42. The Morgan fingerprint density at radius 1 is 0.476 bits per heavy atom. The van der Waals surface area contributed by atoms with E-state index in [2.05, 4.69) is 246 Å². The summed E-state index contributed by atoms with van der Waals surface area (Å²) in [7, 11) is 0. The number of aryl methyl sites for hydroxylation is 1. The van der Waals surface area contributed by atoms with Crippen LogP contribution >= 0.6 is 0 Å². The summed E-state index contributed by atoms with van der Waals surface area (Å²) in [5.41, 5.74) is 24.1. The van der Waals surface area contributed by atoms with Crippen molar-refractivity contribution < 1.29 is 0 Å². The van der Waals surface area contributed by atoms with Gasteiger partial charge in [-0.1, -0.05) is 198 Å². The molecule has 10 rings (SSSR count). The molecule has 1 heteroatoms. The van der Waals surface area contributed by atoms with Gasteiger partial charge in [0.05, 0.1) is 0 Å². The molecule has 8 aromatic carbocycles. The predicted molar refractivity (Wildman–Crippen MR) is 269 cm³/mol. The molecule has 0 fully saturated rings. The van der Waals surface area contributed by atoms with Crippen molar-refractivity contribution >= 4 is 11.4 Å². The SMILES string of the molecule is C=C/C=C(\C=C/Cc1ccc2c(c1)C(C)(C)c1cc3c(cc1-2)C(C)(C)c1cccc(-c2ccc(C)cc2)c1-3)N(c1ccc(-c2ccccc2)cc1)c1ccc(-c2ccccc2)cc1. The minimum absolute atomic E-state index is 0.101. The normalized spacial score (nSPS) is 14.2. The van der Waals surface area contributed by atoms with E-state index in [1.165, 1.54) is 89.0 Å². The number of benzene rings is 8. The number of hydrogen-bond acceptors (Lipinski definition) is 1. The Hall–Kier alpha value is -7.22. The van der Waals surface area contributed by atoms with Gasteiger partial charge >= 0.3 is 0 Å². The Morgan fingerprint density at radius 3 is 1.60 bits per heavy atom. The van der Waals surface area contributed by atoms with Crippen LogP contribution in [0.25, 0.3) is 55.6 Å². The van der Waals surface area contributed by atoms with Gasteiger partial charge in [-0.15, -0.1) is 0 Å². The third-order valence-corrected chi connectivity index (χ3v) is 13.6. The van der Waals surface area contributed by atoms with Crippen molar-refractivity contribution in [3.05, 3.63) is 252 Å². The molecule has 0 radical (unpaired) electrons. The Kier molecular flexibility index (Phi) is 10.1. The first-order chi connectivity index (χ1) is 30.6. The van der Waals surface area contributed by atoms with Gasteiger partial charge in [0.15, 0.2) is 0 Å². The van der Waals surface area contributed by atoms with Gasteiger partial charge < -0.3 is 4.90 Å². The topological polar surface area (TPSA) is 3.24 Å². The van der Waals surface area contributed by atoms with Gasteiger partial charge in [0.2, 0.25) is 0 Å². The van der Waals surface area contributed by atoms with E-state index in [1.807, 2.05) is 6.08 Å². The molecule has 306 valence electrons. The molecular weight excluding hydrogens is 759 g/mol. The standard InChI is InChI=1S/C62H53N/c1-7-16-49(63(50-34-30-46(31-35-50)44-18-10-8-11-19-44)51-36-32-47(33-37-51)45-20-12-9-13-21-45)22-14-17-43-27-38-53-54-40-59-55(41-58(54)62(5,6)57(53)39-43)60-52(48-28-25-42(2)26-29-48)23-15-24-56(60)61(59,3)4/h7-16,18-41H,1,17H2,2-6H3/b22-14-,49-16+. The van der Waals surface area contributed by atoms with E-state index in [4.69, 9.17) is 0 Å². The van der Waals surface area contributed by atoms with Crippen LogP contribution in [0.4, 0.5) is 11.4 Å². The average molecular weight is 812 g/mol. The zero-order valence-corrected chi connectivity index (χ0v) is 37.0. The van der Waals surface area contributed by atoms with Crippen molar-refractivity contribution in [2.24, 2.45) is 0 Å². The van der Waals surface area contributed by atoms with E-state index in [0.717, 1.165) is 23.5 Å². The summed E-state index contributed by atoms with van der Waals surface area (Å²) in [6.45, 7) is 15.9. The van der Waals surface area contributed by atoms with E-state index < -0.39 is 0 Å². The quantitative estimate of drug-likeness (QED) is 0.124. The first kappa shape index (κ1) is 39.9. The summed E-state index contributed by atoms with van der Waals surface area (Å²) >= 11 is 0. The van der Waals surface area contributed by atoms with Gasteiger partial charge in [-0.05, 0) is 145 Å². The fourth-order valence-corrected chi connectivity index (χ4v) is 10.1. The molecule has 0 aromatic heterocycles. The maximum atomic E-state index is 4.15. The van der Waals surface area contributed by atoms with E-state index in [1.54, 1.807) is 0 Å². The van der Waals surface area contributed by atoms with Crippen LogP contribution in [0.3, 0.4) is 0 Å². The fraction of sp³-hybridized carbons (Fsp3) is 0.129. The fourth-order valence-electron chi connectivity index (χ4n) is 10.1. The summed E-state index contributed by atoms with van der Waals surface area (Å²) in [4.78, 5) is 2.33. The smallest absolute Gasteiger partial charge is 0.0462 e. The van der Waals surface area contributed by atoms with Crippen molar-refractivity contribution in [2.45, 2.75) is 51.9 Å². The maximum Gasteiger partial charge on any atom is 0.0462 e. The highest BCUT2D eigenvalue weighted by Crippen LogP contribution is 2.57. The Balaban J connectivity index is 0.970. The Labute approximate surface area is 374 Å². The summed E-state index contributed by atoms with van der Waals surface area (Å²) in [6.07, 6.45) is 9.35. The highest BCUT2D eigenvalue weighted by molar-refractivity contribution is 5.96. The number of allylic oxidation sites excluding steroid dienone is 4. The molecule has 0 saturated heterocycles. The zero-order valence-electron chi connectivity index (χ0n) is 37.0. The predicted octanol–water partition coefficient (Wildman–Crippen LogP) is 16.6. The minimum Gasteiger partial charge on any atom is -0.311 e. The van der Waals surface area contributed by atoms with Gasteiger partial charge in [0, 0.05) is 27.9 Å². The lowest BCUT2D eigenvalue weighted by molar-refractivity contribution is 0.651. The van der Waals surface area contributed by atoms with E-state index >= 15 is 0 Å². The van der Waals surface area contributed by atoms with Crippen molar-refractivity contribution in [2.75, 3.05) is 4.90 Å². The van der Waals surface area contributed by atoms with Crippen molar-refractivity contribution in [3.8, 4) is 55.6 Å². The van der Waals surface area contributed by atoms with Crippen LogP contribution in [0.5, 0.6) is 0 Å². The van der Waals surface area contributed by atoms with Crippen LogP contribution in [0.1, 0.15) is 61.1 Å². The molecule has 1 nitrogen and oxygen atoms in total. The molecule has 0 unspecified atom stereocenters. The third kappa shape index (κ3) is 7.08. The number of fused-ring (bicyclic) bond motifs is 6. The molecule has 2 aliphatic rings. The molecule has 8 aromatic rings. The number of nitrogens with zero attached hydrogens (tertiary/aromatic N) is 1. The number of hydrogen-bond donors (Lipinski definition) is 0. The molecular formula is C62H53N. The van der Waals surface area contributed by atoms with Gasteiger partial charge in [0.25, 0.3) is 0 Å². The molecule has 2 aliphatic carbocycles. The molecule has 0 bridgehead atoms. The highest BCUT2D eigenvalue weighted by atomic mass is 15.1. The van der Waals surface area contributed by atoms with E-state index in [9.17, 15) is 0 Å². The minimum atomic E-state index is -0.145. The van der Waals surface area contributed by atoms with Crippen molar-refractivity contribution in [3.63, 3.8) is 0 Å². The second kappa shape index (κ2) is 15.9. The molecule has 0 atom stereocenters. The van der Waals surface area contributed by atoms with Crippen LogP contribution in [-0.4, -0.2) is 0 Å². The third-order valence-electron chi connectivity index (χ3n) is 13.6. The van der Waals surface area contributed by atoms with Gasteiger partial charge in [-0.25, -0.2) is 0 Å². The molecule has 0 spiro atoms. The van der Waals surface area contributed by atoms with E-state index in [0.29, 0.717) is 0 Å². The molecule has 0 heterocycles. The first-order valence-electron chi connectivity index (χ1n) is 22.3. The lowest BCUT2D eigenvalue weighted by Gasteiger charge is -2.27. The van der Waals surface area contributed by atoms with Crippen LogP contribution in [0.2, 0.25) is 0 Å². The molecule has 0 amide bonds.